The summed E-state index contributed by atoms with van der Waals surface area (Å²) in [6.45, 7) is 12.1. The molecule has 0 radical (unpaired) electrons. The van der Waals surface area contributed by atoms with E-state index in [9.17, 15) is 0 Å². The van der Waals surface area contributed by atoms with E-state index in [1.165, 1.54) is 22.2 Å². The Balaban J connectivity index is 1.06. The maximum Gasteiger partial charge on any atom is 0.155 e. The molecule has 1 aromatic carbocycles. The van der Waals surface area contributed by atoms with Gasteiger partial charge >= 0.3 is 0 Å². The number of likely N-dealkylation sites (tertiary alicyclic amines) is 1. The molecule has 1 spiro atoms. The molecule has 5 nitrogen and oxygen atoms in total. The first-order chi connectivity index (χ1) is 16.5. The molecule has 6 heteroatoms. The second-order valence-corrected chi connectivity index (χ2v) is 10.8. The minimum absolute atomic E-state index is 0.0268. The van der Waals surface area contributed by atoms with Crippen LogP contribution in [0.25, 0.3) is 10.9 Å². The van der Waals surface area contributed by atoms with Crippen molar-refractivity contribution in [3.05, 3.63) is 71.2 Å². The lowest BCUT2D eigenvalue weighted by Crippen LogP contribution is -2.45. The summed E-state index contributed by atoms with van der Waals surface area (Å²) < 4.78 is 0. The third-order valence-corrected chi connectivity index (χ3v) is 8.25. The molecule has 0 atom stereocenters. The van der Waals surface area contributed by atoms with Gasteiger partial charge < -0.3 is 15.1 Å². The van der Waals surface area contributed by atoms with Gasteiger partial charge in [-0.2, -0.15) is 0 Å². The summed E-state index contributed by atoms with van der Waals surface area (Å²) in [5.74, 6) is 1.78. The third kappa shape index (κ3) is 3.75. The zero-order valence-electron chi connectivity index (χ0n) is 19.9. The van der Waals surface area contributed by atoms with E-state index in [4.69, 9.17) is 16.6 Å². The van der Waals surface area contributed by atoms with E-state index in [1.54, 1.807) is 0 Å². The summed E-state index contributed by atoms with van der Waals surface area (Å²) in [7, 11) is 0. The van der Waals surface area contributed by atoms with Gasteiger partial charge in [0, 0.05) is 52.7 Å². The van der Waals surface area contributed by atoms with Gasteiger partial charge in [0.25, 0.3) is 0 Å². The normalized spacial score (nSPS) is 19.9. The zero-order chi connectivity index (χ0) is 23.3. The van der Waals surface area contributed by atoms with Crippen LogP contribution in [0, 0.1) is 5.92 Å². The van der Waals surface area contributed by atoms with Crippen LogP contribution in [0.1, 0.15) is 37.3 Å². The van der Waals surface area contributed by atoms with Crippen LogP contribution in [0.4, 0.5) is 11.5 Å². The van der Waals surface area contributed by atoms with E-state index >= 15 is 0 Å². The third-order valence-electron chi connectivity index (χ3n) is 8.01. The standard InChI is InChI=1S/C28H32ClN5/c1-19-17-34(18-19)27-26-22(7-10-30-27)14-21(16-31-26)4-3-11-33-12-8-28(9-13-33)20(2)32-25-6-5-23(29)15-24(25)28/h5-7,10,14-16,19,32H,2-4,8-9,11-13,17-18H2,1H3. The molecule has 2 aromatic heterocycles. The number of halogens is 1. The maximum atomic E-state index is 6.33. The van der Waals surface area contributed by atoms with Crippen LogP contribution in [-0.2, 0) is 11.8 Å². The van der Waals surface area contributed by atoms with Crippen LogP contribution in [0.15, 0.2) is 55.0 Å². The second kappa shape index (κ2) is 8.54. The highest BCUT2D eigenvalue weighted by atomic mass is 35.5. The Morgan fingerprint density at radius 1 is 1.15 bits per heavy atom. The molecule has 6 rings (SSSR count). The van der Waals surface area contributed by atoms with Gasteiger partial charge in [0.15, 0.2) is 5.82 Å². The molecule has 3 aromatic rings. The smallest absolute Gasteiger partial charge is 0.155 e. The molecule has 0 amide bonds. The van der Waals surface area contributed by atoms with Gasteiger partial charge in [-0.1, -0.05) is 25.1 Å². The van der Waals surface area contributed by atoms with Crippen molar-refractivity contribution in [1.82, 2.24) is 14.9 Å². The maximum absolute atomic E-state index is 6.33. The minimum Gasteiger partial charge on any atom is -0.358 e. The molecule has 0 unspecified atom stereocenters. The number of aryl methyl sites for hydroxylation is 1. The van der Waals surface area contributed by atoms with Crippen molar-refractivity contribution in [1.29, 1.82) is 0 Å². The number of piperidine rings is 1. The van der Waals surface area contributed by atoms with Crippen LogP contribution in [0.3, 0.4) is 0 Å². The van der Waals surface area contributed by atoms with Crippen molar-refractivity contribution in [2.45, 2.75) is 38.0 Å². The Bertz CT molecular complexity index is 1240. The van der Waals surface area contributed by atoms with Gasteiger partial charge in [-0.05, 0) is 92.7 Å². The van der Waals surface area contributed by atoms with Gasteiger partial charge in [-0.3, -0.25) is 4.98 Å². The number of allylic oxidation sites excluding steroid dienone is 1. The lowest BCUT2D eigenvalue weighted by Gasteiger charge is -2.40. The number of fused-ring (bicyclic) bond motifs is 3. The van der Waals surface area contributed by atoms with Crippen molar-refractivity contribution in [2.75, 3.05) is 42.9 Å². The molecule has 2 fully saturated rings. The molecule has 0 aliphatic carbocycles. The predicted molar refractivity (Wildman–Crippen MR) is 141 cm³/mol. The van der Waals surface area contributed by atoms with Gasteiger partial charge in [0.05, 0.1) is 0 Å². The van der Waals surface area contributed by atoms with Crippen molar-refractivity contribution >= 4 is 34.0 Å². The lowest BCUT2D eigenvalue weighted by atomic mass is 9.72. The number of benzene rings is 1. The summed E-state index contributed by atoms with van der Waals surface area (Å²) in [5.41, 5.74) is 6.01. The fourth-order valence-electron chi connectivity index (χ4n) is 6.03. The molecule has 1 N–H and O–H groups in total. The van der Waals surface area contributed by atoms with Crippen LogP contribution in [0.2, 0.25) is 5.02 Å². The Hall–Kier alpha value is -2.63. The molecule has 34 heavy (non-hydrogen) atoms. The Morgan fingerprint density at radius 2 is 1.97 bits per heavy atom. The molecule has 0 bridgehead atoms. The predicted octanol–water partition coefficient (Wildman–Crippen LogP) is 5.64. The highest BCUT2D eigenvalue weighted by Crippen LogP contribution is 2.50. The molecule has 2 saturated heterocycles. The zero-order valence-corrected chi connectivity index (χ0v) is 20.6. The summed E-state index contributed by atoms with van der Waals surface area (Å²) in [4.78, 5) is 14.4. The van der Waals surface area contributed by atoms with Crippen LogP contribution in [0.5, 0.6) is 0 Å². The average molecular weight is 474 g/mol. The second-order valence-electron chi connectivity index (χ2n) is 10.4. The topological polar surface area (TPSA) is 44.3 Å². The summed E-state index contributed by atoms with van der Waals surface area (Å²) >= 11 is 6.33. The Kier molecular flexibility index (Phi) is 5.50. The molecular weight excluding hydrogens is 442 g/mol. The van der Waals surface area contributed by atoms with E-state index in [1.807, 2.05) is 12.3 Å². The average Bonchev–Trinajstić information content (AvgIpc) is 3.08. The first-order valence-electron chi connectivity index (χ1n) is 12.5. The highest BCUT2D eigenvalue weighted by Gasteiger charge is 2.44. The van der Waals surface area contributed by atoms with Crippen LogP contribution < -0.4 is 10.2 Å². The fourth-order valence-corrected chi connectivity index (χ4v) is 6.21. The minimum atomic E-state index is 0.0268. The summed E-state index contributed by atoms with van der Waals surface area (Å²) in [6.07, 6.45) is 8.35. The van der Waals surface area contributed by atoms with Crippen LogP contribution >= 0.6 is 11.6 Å². The number of anilines is 2. The van der Waals surface area contributed by atoms with Gasteiger partial charge in [-0.25, -0.2) is 4.98 Å². The lowest BCUT2D eigenvalue weighted by molar-refractivity contribution is 0.179. The van der Waals surface area contributed by atoms with Crippen molar-refractivity contribution in [3.63, 3.8) is 0 Å². The first kappa shape index (κ1) is 21.9. The van der Waals surface area contributed by atoms with Crippen molar-refractivity contribution in [3.8, 4) is 0 Å². The number of pyridine rings is 2. The number of hydrogen-bond acceptors (Lipinski definition) is 5. The number of hydrogen-bond donors (Lipinski definition) is 1. The van der Waals surface area contributed by atoms with E-state index in [2.05, 4.69) is 64.1 Å². The van der Waals surface area contributed by atoms with Gasteiger partial charge in [0.2, 0.25) is 0 Å². The first-order valence-corrected chi connectivity index (χ1v) is 12.9. The van der Waals surface area contributed by atoms with Gasteiger partial charge in [0.1, 0.15) is 5.52 Å². The van der Waals surface area contributed by atoms with Crippen molar-refractivity contribution < 1.29 is 0 Å². The number of nitrogens with zero attached hydrogens (tertiary/aromatic N) is 4. The molecule has 3 aliphatic rings. The Morgan fingerprint density at radius 3 is 2.76 bits per heavy atom. The fraction of sp³-hybridized carbons (Fsp3) is 0.429. The number of aromatic nitrogens is 2. The Labute approximate surface area is 206 Å². The molecule has 176 valence electrons. The quantitative estimate of drug-likeness (QED) is 0.519. The molecule has 0 saturated carbocycles. The highest BCUT2D eigenvalue weighted by molar-refractivity contribution is 6.30. The number of rotatable bonds is 5. The summed E-state index contributed by atoms with van der Waals surface area (Å²) in [5, 5.41) is 5.52. The largest absolute Gasteiger partial charge is 0.358 e. The SMILES string of the molecule is C=C1Nc2ccc(Cl)cc2C12CCN(CCCc1cnc3c(N4CC(C)C4)nccc3c1)CC2. The molecule has 5 heterocycles. The van der Waals surface area contributed by atoms with Crippen LogP contribution in [-0.4, -0.2) is 47.6 Å². The monoisotopic (exact) mass is 473 g/mol. The van der Waals surface area contributed by atoms with E-state index < -0.39 is 0 Å². The molecule has 3 aliphatic heterocycles. The van der Waals surface area contributed by atoms with Gasteiger partial charge in [-0.15, -0.1) is 0 Å². The number of nitrogens with one attached hydrogen (secondary N) is 1. The summed E-state index contributed by atoms with van der Waals surface area (Å²) in [6, 6.07) is 10.6. The van der Waals surface area contributed by atoms with Crippen molar-refractivity contribution in [2.24, 2.45) is 5.92 Å². The van der Waals surface area contributed by atoms with E-state index in [0.717, 1.165) is 86.4 Å². The van der Waals surface area contributed by atoms with E-state index in [-0.39, 0.29) is 5.41 Å². The molecular formula is C28H32ClN5. The van der Waals surface area contributed by atoms with E-state index in [0.29, 0.717) is 0 Å².